The molecule has 0 aliphatic carbocycles. The largest absolute Gasteiger partial charge is 0.361 e. The number of hydrogen-bond acceptors (Lipinski definition) is 4. The van der Waals surface area contributed by atoms with Crippen molar-refractivity contribution in [3.8, 4) is 6.07 Å². The Hall–Kier alpha value is -2.66. The van der Waals surface area contributed by atoms with Crippen LogP contribution in [0.15, 0.2) is 59.6 Å². The van der Waals surface area contributed by atoms with Crippen LogP contribution in [0, 0.1) is 11.3 Å². The number of hydrogen-bond donors (Lipinski definition) is 1. The van der Waals surface area contributed by atoms with Crippen LogP contribution < -0.4 is 0 Å². The van der Waals surface area contributed by atoms with Crippen molar-refractivity contribution in [2.75, 3.05) is 32.7 Å². The van der Waals surface area contributed by atoms with Gasteiger partial charge in [-0.05, 0) is 30.2 Å². The van der Waals surface area contributed by atoms with E-state index in [0.29, 0.717) is 26.2 Å². The number of fused-ring (bicyclic) bond motifs is 1. The molecule has 2 aromatic carbocycles. The topological polar surface area (TPSA) is 80.2 Å². The molecule has 0 bridgehead atoms. The third kappa shape index (κ3) is 3.54. The first-order valence-corrected chi connectivity index (χ1v) is 10.8. The number of piperazine rings is 1. The first kappa shape index (κ1) is 18.7. The quantitative estimate of drug-likeness (QED) is 0.721. The lowest BCUT2D eigenvalue weighted by Gasteiger charge is -2.34. The monoisotopic (exact) mass is 394 g/mol. The van der Waals surface area contributed by atoms with Crippen molar-refractivity contribution >= 4 is 20.9 Å². The van der Waals surface area contributed by atoms with E-state index in [-0.39, 0.29) is 10.5 Å². The average Bonchev–Trinajstić information content (AvgIpc) is 3.15. The second-order valence-electron chi connectivity index (χ2n) is 6.96. The molecule has 1 aliphatic heterocycles. The highest BCUT2D eigenvalue weighted by Crippen LogP contribution is 2.22. The van der Waals surface area contributed by atoms with Crippen LogP contribution in [0.25, 0.3) is 10.9 Å². The van der Waals surface area contributed by atoms with Gasteiger partial charge < -0.3 is 9.88 Å². The summed E-state index contributed by atoms with van der Waals surface area (Å²) in [5.74, 6) is 0. The maximum atomic E-state index is 12.9. The lowest BCUT2D eigenvalue weighted by atomic mass is 10.1. The van der Waals surface area contributed by atoms with Gasteiger partial charge in [0.15, 0.2) is 0 Å². The number of benzene rings is 2. The van der Waals surface area contributed by atoms with E-state index in [4.69, 9.17) is 0 Å². The van der Waals surface area contributed by atoms with Crippen LogP contribution in [0.1, 0.15) is 11.1 Å². The molecule has 1 aromatic heterocycles. The molecule has 0 amide bonds. The molecule has 7 heteroatoms. The Bertz CT molecular complexity index is 1120. The molecule has 0 radical (unpaired) electrons. The molecular weight excluding hydrogens is 372 g/mol. The summed E-state index contributed by atoms with van der Waals surface area (Å²) in [5, 5.41) is 10.5. The number of sulfonamides is 1. The molecule has 1 N–H and O–H groups in total. The van der Waals surface area contributed by atoms with Crippen molar-refractivity contribution < 1.29 is 8.42 Å². The van der Waals surface area contributed by atoms with E-state index < -0.39 is 10.0 Å². The molecule has 0 unspecified atom stereocenters. The van der Waals surface area contributed by atoms with E-state index in [1.165, 1.54) is 21.3 Å². The van der Waals surface area contributed by atoms with Crippen LogP contribution in [-0.4, -0.2) is 55.3 Å². The molecule has 4 rings (SSSR count). The molecule has 3 aromatic rings. The number of para-hydroxylation sites is 1. The Morgan fingerprint density at radius 3 is 2.50 bits per heavy atom. The normalized spacial score (nSPS) is 16.2. The van der Waals surface area contributed by atoms with Gasteiger partial charge in [0.25, 0.3) is 0 Å². The lowest BCUT2D eigenvalue weighted by Crippen LogP contribution is -2.49. The summed E-state index contributed by atoms with van der Waals surface area (Å²) in [6, 6.07) is 16.6. The molecule has 1 aliphatic rings. The van der Waals surface area contributed by atoms with Gasteiger partial charge in [0.05, 0.1) is 10.5 Å². The highest BCUT2D eigenvalue weighted by Gasteiger charge is 2.30. The van der Waals surface area contributed by atoms with Crippen LogP contribution in [0.5, 0.6) is 0 Å². The fraction of sp³-hybridized carbons (Fsp3) is 0.286. The van der Waals surface area contributed by atoms with Crippen molar-refractivity contribution in [1.82, 2.24) is 14.2 Å². The van der Waals surface area contributed by atoms with E-state index in [0.717, 1.165) is 18.5 Å². The minimum atomic E-state index is -3.64. The molecule has 6 nitrogen and oxygen atoms in total. The van der Waals surface area contributed by atoms with Crippen LogP contribution >= 0.6 is 0 Å². The van der Waals surface area contributed by atoms with Crippen LogP contribution in [-0.2, 0) is 16.4 Å². The number of nitrogens with zero attached hydrogens (tertiary/aromatic N) is 3. The molecule has 0 atom stereocenters. The van der Waals surface area contributed by atoms with Crippen molar-refractivity contribution in [2.45, 2.75) is 11.3 Å². The van der Waals surface area contributed by atoms with Gasteiger partial charge >= 0.3 is 0 Å². The van der Waals surface area contributed by atoms with Crippen LogP contribution in [0.2, 0.25) is 0 Å². The third-order valence-corrected chi connectivity index (χ3v) is 7.29. The molecule has 2 heterocycles. The third-order valence-electron chi connectivity index (χ3n) is 5.33. The number of H-pyrrole nitrogens is 1. The van der Waals surface area contributed by atoms with E-state index in [1.807, 2.05) is 18.2 Å². The number of rotatable bonds is 5. The second kappa shape index (κ2) is 7.76. The smallest absolute Gasteiger partial charge is 0.244 e. The average molecular weight is 395 g/mol. The highest BCUT2D eigenvalue weighted by molar-refractivity contribution is 7.89. The van der Waals surface area contributed by atoms with Crippen molar-refractivity contribution in [1.29, 1.82) is 5.26 Å². The highest BCUT2D eigenvalue weighted by atomic mass is 32.2. The Kier molecular flexibility index (Phi) is 5.18. The summed E-state index contributed by atoms with van der Waals surface area (Å²) < 4.78 is 27.3. The molecule has 0 spiro atoms. The van der Waals surface area contributed by atoms with Crippen LogP contribution in [0.4, 0.5) is 0 Å². The molecule has 1 saturated heterocycles. The summed E-state index contributed by atoms with van der Waals surface area (Å²) >= 11 is 0. The van der Waals surface area contributed by atoms with Gasteiger partial charge in [-0.25, -0.2) is 8.42 Å². The Labute approximate surface area is 165 Å². The van der Waals surface area contributed by atoms with Crippen molar-refractivity contribution in [3.05, 3.63) is 65.9 Å². The minimum Gasteiger partial charge on any atom is -0.361 e. The summed E-state index contributed by atoms with van der Waals surface area (Å²) in [5.41, 5.74) is 2.63. The van der Waals surface area contributed by atoms with Gasteiger partial charge in [0.1, 0.15) is 6.07 Å². The summed E-state index contributed by atoms with van der Waals surface area (Å²) in [4.78, 5) is 5.70. The zero-order valence-corrected chi connectivity index (χ0v) is 16.3. The Morgan fingerprint density at radius 2 is 1.71 bits per heavy atom. The van der Waals surface area contributed by atoms with Gasteiger partial charge in [-0.3, -0.25) is 0 Å². The number of nitrogens with one attached hydrogen (secondary N) is 1. The van der Waals surface area contributed by atoms with Crippen LogP contribution in [0.3, 0.4) is 0 Å². The van der Waals surface area contributed by atoms with E-state index in [2.05, 4.69) is 28.2 Å². The zero-order chi connectivity index (χ0) is 19.6. The van der Waals surface area contributed by atoms with Gasteiger partial charge in [-0.15, -0.1) is 0 Å². The maximum absolute atomic E-state index is 12.9. The predicted octanol–water partition coefficient (Wildman–Crippen LogP) is 2.59. The molecule has 144 valence electrons. The number of nitriles is 1. The Morgan fingerprint density at radius 1 is 1.00 bits per heavy atom. The molecule has 28 heavy (non-hydrogen) atoms. The van der Waals surface area contributed by atoms with E-state index >= 15 is 0 Å². The fourth-order valence-electron chi connectivity index (χ4n) is 3.73. The number of aromatic nitrogens is 1. The van der Waals surface area contributed by atoms with Gasteiger partial charge in [-0.2, -0.15) is 9.57 Å². The number of aromatic amines is 1. The van der Waals surface area contributed by atoms with Gasteiger partial charge in [0, 0.05) is 49.8 Å². The zero-order valence-electron chi connectivity index (χ0n) is 15.5. The van der Waals surface area contributed by atoms with E-state index in [9.17, 15) is 13.7 Å². The Balaban J connectivity index is 1.39. The SMILES string of the molecule is N#Cc1ccccc1S(=O)(=O)N1CCN(CCc2c[nH]c3ccccc23)CC1. The fourth-order valence-corrected chi connectivity index (χ4v) is 5.30. The molecular formula is C21H22N4O2S. The van der Waals surface area contributed by atoms with Crippen molar-refractivity contribution in [3.63, 3.8) is 0 Å². The summed E-state index contributed by atoms with van der Waals surface area (Å²) in [7, 11) is -3.64. The molecule has 0 saturated carbocycles. The van der Waals surface area contributed by atoms with Crippen molar-refractivity contribution in [2.24, 2.45) is 0 Å². The lowest BCUT2D eigenvalue weighted by molar-refractivity contribution is 0.190. The first-order valence-electron chi connectivity index (χ1n) is 9.36. The maximum Gasteiger partial charge on any atom is 0.244 e. The van der Waals surface area contributed by atoms with E-state index in [1.54, 1.807) is 18.2 Å². The van der Waals surface area contributed by atoms with Gasteiger partial charge in [-0.1, -0.05) is 30.3 Å². The standard InChI is InChI=1S/C21H22N4O2S/c22-15-17-5-1-4-8-21(17)28(26,27)25-13-11-24(12-14-25)10-9-18-16-23-20-7-3-2-6-19(18)20/h1-8,16,23H,9-14H2. The molecule has 1 fully saturated rings. The summed E-state index contributed by atoms with van der Waals surface area (Å²) in [6.07, 6.45) is 2.98. The second-order valence-corrected chi connectivity index (χ2v) is 8.87. The summed E-state index contributed by atoms with van der Waals surface area (Å²) in [6.45, 7) is 3.16. The predicted molar refractivity (Wildman–Crippen MR) is 108 cm³/mol. The minimum absolute atomic E-state index is 0.102. The van der Waals surface area contributed by atoms with Gasteiger partial charge in [0.2, 0.25) is 10.0 Å². The first-order chi connectivity index (χ1) is 13.6.